The summed E-state index contributed by atoms with van der Waals surface area (Å²) in [5.74, 6) is 2.19. The summed E-state index contributed by atoms with van der Waals surface area (Å²) >= 11 is 8.80. The molecule has 2 aromatic carbocycles. The van der Waals surface area contributed by atoms with Crippen molar-refractivity contribution in [3.8, 4) is 0 Å². The third-order valence-electron chi connectivity index (χ3n) is 7.30. The molecule has 4 rings (SSSR count). The van der Waals surface area contributed by atoms with E-state index in [1.807, 2.05) is 47.9 Å². The van der Waals surface area contributed by atoms with E-state index in [0.717, 1.165) is 43.7 Å². The van der Waals surface area contributed by atoms with Gasteiger partial charge in [-0.05, 0) is 97.8 Å². The average molecular weight is 618 g/mol. The number of isocyanates is 1. The summed E-state index contributed by atoms with van der Waals surface area (Å²) in [4.78, 5) is 52.1. The lowest BCUT2D eigenvalue weighted by Crippen LogP contribution is -2.42. The van der Waals surface area contributed by atoms with Crippen LogP contribution in [-0.4, -0.2) is 58.6 Å². The number of anilines is 1. The average Bonchev–Trinajstić information content (AvgIpc) is 2.89. The van der Waals surface area contributed by atoms with Gasteiger partial charge in [-0.1, -0.05) is 51.0 Å². The van der Waals surface area contributed by atoms with Crippen molar-refractivity contribution < 1.29 is 19.2 Å². The molecule has 2 amide bonds. The van der Waals surface area contributed by atoms with Crippen LogP contribution in [0.2, 0.25) is 0 Å². The van der Waals surface area contributed by atoms with Gasteiger partial charge in [0.25, 0.3) is 11.8 Å². The molecule has 0 radical (unpaired) electrons. The first-order chi connectivity index (χ1) is 19.7. The summed E-state index contributed by atoms with van der Waals surface area (Å²) in [6, 6.07) is 11.0. The molecule has 2 N–H and O–H groups in total. The van der Waals surface area contributed by atoms with Crippen LogP contribution >= 0.6 is 23.2 Å². The molecule has 4 atom stereocenters. The number of hydrogen-bond acceptors (Lipinski definition) is 6. The number of benzene rings is 2. The van der Waals surface area contributed by atoms with E-state index in [1.165, 1.54) is 12.5 Å². The quantitative estimate of drug-likeness (QED) is 0.167. The highest BCUT2D eigenvalue weighted by molar-refractivity contribution is 6.93. The van der Waals surface area contributed by atoms with Gasteiger partial charge < -0.3 is 15.5 Å². The maximum absolute atomic E-state index is 12.7. The molecule has 0 unspecified atom stereocenters. The fourth-order valence-electron chi connectivity index (χ4n) is 5.82. The van der Waals surface area contributed by atoms with Gasteiger partial charge >= 0.3 is 4.70 Å². The van der Waals surface area contributed by atoms with Gasteiger partial charge in [0.2, 0.25) is 6.08 Å². The first-order valence-corrected chi connectivity index (χ1v) is 14.9. The van der Waals surface area contributed by atoms with E-state index in [9.17, 15) is 14.4 Å². The third kappa shape index (κ3) is 10.9. The molecule has 0 bridgehead atoms. The van der Waals surface area contributed by atoms with Gasteiger partial charge in [0.05, 0.1) is 16.8 Å². The molecule has 0 spiro atoms. The zero-order valence-corrected chi connectivity index (χ0v) is 26.8. The van der Waals surface area contributed by atoms with Crippen molar-refractivity contribution in [2.45, 2.75) is 54.4 Å². The Balaban J connectivity index is 0.000000262. The van der Waals surface area contributed by atoms with Crippen molar-refractivity contribution in [3.05, 3.63) is 58.7 Å². The van der Waals surface area contributed by atoms with E-state index < -0.39 is 4.70 Å². The zero-order valence-electron chi connectivity index (χ0n) is 25.3. The Morgan fingerprint density at radius 3 is 1.57 bits per heavy atom. The molecular formula is C32H42Cl2N4O4. The first-order valence-electron chi connectivity index (χ1n) is 14.2. The first kappa shape index (κ1) is 35.0. The Hall–Kier alpha value is -3.19. The van der Waals surface area contributed by atoms with Crippen molar-refractivity contribution in [3.63, 3.8) is 0 Å². The number of carbonyl (C=O) groups is 3. The second-order valence-electron chi connectivity index (χ2n) is 11.9. The van der Waals surface area contributed by atoms with Gasteiger partial charge in [0.15, 0.2) is 0 Å². The van der Waals surface area contributed by atoms with Crippen molar-refractivity contribution in [1.82, 2.24) is 9.80 Å². The highest BCUT2D eigenvalue weighted by Crippen LogP contribution is 2.27. The van der Waals surface area contributed by atoms with Crippen LogP contribution in [0.15, 0.2) is 41.4 Å². The van der Waals surface area contributed by atoms with Crippen LogP contribution in [0, 0.1) is 37.5 Å². The van der Waals surface area contributed by atoms with E-state index in [2.05, 4.69) is 55.9 Å². The topological polar surface area (TPSA) is 113 Å². The second kappa shape index (κ2) is 16.4. The highest BCUT2D eigenvalue weighted by Gasteiger charge is 2.28. The molecule has 228 valence electrons. The van der Waals surface area contributed by atoms with Gasteiger partial charge in [-0.2, -0.15) is 4.99 Å². The number of amides is 2. The summed E-state index contributed by atoms with van der Waals surface area (Å²) in [7, 11) is 0. The summed E-state index contributed by atoms with van der Waals surface area (Å²) in [5, 5.41) is 0. The molecule has 0 aliphatic carbocycles. The second-order valence-corrected chi connectivity index (χ2v) is 12.7. The van der Waals surface area contributed by atoms with Crippen molar-refractivity contribution in [1.29, 1.82) is 0 Å². The van der Waals surface area contributed by atoms with E-state index >= 15 is 0 Å². The maximum atomic E-state index is 12.7. The Labute approximate surface area is 259 Å². The summed E-state index contributed by atoms with van der Waals surface area (Å²) in [6.07, 6.45) is 3.87. The number of hydrogen-bond donors (Lipinski definition) is 1. The summed E-state index contributed by atoms with van der Waals surface area (Å²) in [6.45, 7) is 15.9. The van der Waals surface area contributed by atoms with E-state index in [0.29, 0.717) is 46.2 Å². The SMILES string of the molecule is Cc1ccc(N)c(C(=O)N2C[C@H](C)C[C@H](C)C2)c1.Cc1ccc(N=C=O)c(C(=O)N2C[C@H](C)C[C@H](C)C2)c1.O=C(Cl)Cl. The predicted molar refractivity (Wildman–Crippen MR) is 169 cm³/mol. The molecule has 0 aromatic heterocycles. The maximum Gasteiger partial charge on any atom is 0.313 e. The van der Waals surface area contributed by atoms with Crippen LogP contribution in [-0.2, 0) is 4.79 Å². The molecule has 8 nitrogen and oxygen atoms in total. The van der Waals surface area contributed by atoms with E-state index in [-0.39, 0.29) is 11.8 Å². The monoisotopic (exact) mass is 616 g/mol. The third-order valence-corrected chi connectivity index (χ3v) is 7.30. The number of halogens is 2. The van der Waals surface area contributed by atoms with Crippen LogP contribution < -0.4 is 5.73 Å². The van der Waals surface area contributed by atoms with Gasteiger partial charge in [-0.25, -0.2) is 4.79 Å². The molecule has 2 aliphatic rings. The number of piperidine rings is 2. The summed E-state index contributed by atoms with van der Waals surface area (Å²) in [5.41, 5.74) is 10.1. The van der Waals surface area contributed by atoms with E-state index in [1.54, 1.807) is 12.1 Å². The van der Waals surface area contributed by atoms with E-state index in [4.69, 9.17) is 10.5 Å². The Bertz CT molecular complexity index is 1290. The predicted octanol–water partition coefficient (Wildman–Crippen LogP) is 7.36. The normalized spacial score (nSPS) is 21.5. The molecule has 2 heterocycles. The van der Waals surface area contributed by atoms with Gasteiger partial charge in [0.1, 0.15) is 0 Å². The minimum Gasteiger partial charge on any atom is -0.398 e. The van der Waals surface area contributed by atoms with Crippen molar-refractivity contribution >= 4 is 57.2 Å². The molecule has 2 saturated heterocycles. The lowest BCUT2D eigenvalue weighted by atomic mass is 9.91. The van der Waals surface area contributed by atoms with Crippen LogP contribution in [0.4, 0.5) is 16.2 Å². The van der Waals surface area contributed by atoms with Crippen LogP contribution in [0.5, 0.6) is 0 Å². The number of nitrogen functional groups attached to an aromatic ring is 1. The fourth-order valence-corrected chi connectivity index (χ4v) is 5.82. The number of likely N-dealkylation sites (tertiary alicyclic amines) is 2. The molecule has 42 heavy (non-hydrogen) atoms. The fraction of sp³-hybridized carbons (Fsp3) is 0.500. The number of aliphatic imine (C=N–C) groups is 1. The summed E-state index contributed by atoms with van der Waals surface area (Å²) < 4.78 is -0.889. The largest absolute Gasteiger partial charge is 0.398 e. The van der Waals surface area contributed by atoms with Gasteiger partial charge in [0, 0.05) is 31.9 Å². The Kier molecular flexibility index (Phi) is 13.7. The zero-order chi connectivity index (χ0) is 31.6. The minimum absolute atomic E-state index is 0.0406. The van der Waals surface area contributed by atoms with Crippen molar-refractivity contribution in [2.24, 2.45) is 28.7 Å². The lowest BCUT2D eigenvalue weighted by Gasteiger charge is -2.35. The number of aryl methyl sites for hydroxylation is 2. The van der Waals surface area contributed by atoms with Crippen LogP contribution in [0.3, 0.4) is 0 Å². The molecule has 2 aromatic rings. The number of nitrogens with two attached hydrogens (primary N) is 1. The molecule has 10 heteroatoms. The smallest absolute Gasteiger partial charge is 0.313 e. The van der Waals surface area contributed by atoms with Gasteiger partial charge in [-0.3, -0.25) is 14.4 Å². The number of carbonyl (C=O) groups excluding carboxylic acids is 4. The molecular weight excluding hydrogens is 575 g/mol. The minimum atomic E-state index is -0.889. The Morgan fingerprint density at radius 2 is 1.14 bits per heavy atom. The number of nitrogens with zero attached hydrogens (tertiary/aromatic N) is 3. The molecule has 2 aliphatic heterocycles. The van der Waals surface area contributed by atoms with Crippen LogP contribution in [0.25, 0.3) is 0 Å². The van der Waals surface area contributed by atoms with Crippen LogP contribution in [0.1, 0.15) is 72.4 Å². The van der Waals surface area contributed by atoms with Crippen molar-refractivity contribution in [2.75, 3.05) is 31.9 Å². The lowest BCUT2D eigenvalue weighted by molar-refractivity contribution is 0.0618. The standard InChI is InChI=1S/C16H20N2O2.C15H22N2O.CCl2O/c1-11-4-5-15(17-10-19)14(7-11)16(20)18-8-12(2)6-13(3)9-18;1-10-4-5-14(16)13(7-10)15(18)17-8-11(2)6-12(3)9-17;2-1(3)4/h4-5,7,12-13H,6,8-9H2,1-3H3;4-5,7,11-12H,6,8-9,16H2,1-3H3;/t12-,13+;11-,12+;. The highest BCUT2D eigenvalue weighted by atomic mass is 35.5. The Morgan fingerprint density at radius 1 is 0.762 bits per heavy atom. The molecule has 2 fully saturated rings. The van der Waals surface area contributed by atoms with Gasteiger partial charge in [-0.15, -0.1) is 0 Å². The number of rotatable bonds is 3. The molecule has 0 saturated carbocycles.